The Morgan fingerprint density at radius 1 is 1.37 bits per heavy atom. The second-order valence-corrected chi connectivity index (χ2v) is 4.28. The quantitative estimate of drug-likeness (QED) is 0.686. The highest BCUT2D eigenvalue weighted by atomic mass is 16.2. The molecule has 1 unspecified atom stereocenters. The number of imide groups is 1. The topological polar surface area (TPSA) is 99.3 Å². The highest BCUT2D eigenvalue weighted by Crippen LogP contribution is 2.11. The molecule has 7 nitrogen and oxygen atoms in total. The van der Waals surface area contributed by atoms with E-state index in [1.54, 1.807) is 0 Å². The Morgan fingerprint density at radius 2 is 2.11 bits per heavy atom. The van der Waals surface area contributed by atoms with Crippen molar-refractivity contribution in [1.29, 1.82) is 0 Å². The zero-order valence-corrected chi connectivity index (χ0v) is 10.3. The molecule has 0 spiro atoms. The minimum Gasteiger partial charge on any atom is -0.339 e. The van der Waals surface area contributed by atoms with Gasteiger partial charge in [0.15, 0.2) is 0 Å². The summed E-state index contributed by atoms with van der Waals surface area (Å²) in [5, 5.41) is 2.51. The van der Waals surface area contributed by atoms with Crippen molar-refractivity contribution in [2.75, 3.05) is 7.05 Å². The van der Waals surface area contributed by atoms with Gasteiger partial charge in [-0.3, -0.25) is 24.1 Å². The number of nitrogens with zero attached hydrogens (tertiary/aromatic N) is 1. The number of carbonyl (C=O) groups is 3. The second-order valence-electron chi connectivity index (χ2n) is 4.28. The highest BCUT2D eigenvalue weighted by Gasteiger charge is 2.32. The van der Waals surface area contributed by atoms with E-state index in [2.05, 4.69) is 10.3 Å². The van der Waals surface area contributed by atoms with Crippen molar-refractivity contribution in [3.05, 3.63) is 34.2 Å². The average Bonchev–Trinajstić information content (AvgIpc) is 2.39. The summed E-state index contributed by atoms with van der Waals surface area (Å²) >= 11 is 0. The third kappa shape index (κ3) is 2.70. The van der Waals surface area contributed by atoms with Crippen molar-refractivity contribution < 1.29 is 14.4 Å². The number of aromatic amines is 1. The molecule has 1 aromatic rings. The zero-order chi connectivity index (χ0) is 14.0. The molecule has 0 aliphatic carbocycles. The fourth-order valence-corrected chi connectivity index (χ4v) is 1.87. The van der Waals surface area contributed by atoms with Gasteiger partial charge in [-0.25, -0.2) is 0 Å². The monoisotopic (exact) mass is 263 g/mol. The molecule has 100 valence electrons. The van der Waals surface area contributed by atoms with E-state index in [1.165, 1.54) is 25.2 Å². The number of aromatic nitrogens is 1. The molecule has 1 saturated heterocycles. The summed E-state index contributed by atoms with van der Waals surface area (Å²) in [6.07, 6.45) is 0.476. The maximum absolute atomic E-state index is 11.9. The number of amides is 3. The number of rotatable bonds is 2. The number of carbonyl (C=O) groups excluding carboxylic acids is 3. The van der Waals surface area contributed by atoms with Crippen LogP contribution in [0.2, 0.25) is 0 Å². The first kappa shape index (κ1) is 13.0. The van der Waals surface area contributed by atoms with E-state index in [9.17, 15) is 19.2 Å². The Hall–Kier alpha value is -2.44. The minimum atomic E-state index is -0.737. The van der Waals surface area contributed by atoms with Crippen LogP contribution >= 0.6 is 0 Å². The molecule has 1 aromatic heterocycles. The highest BCUT2D eigenvalue weighted by molar-refractivity contribution is 6.03. The van der Waals surface area contributed by atoms with Crippen molar-refractivity contribution in [2.24, 2.45) is 0 Å². The molecule has 2 heterocycles. The lowest BCUT2D eigenvalue weighted by Crippen LogP contribution is -2.53. The molecular weight excluding hydrogens is 250 g/mol. The van der Waals surface area contributed by atoms with E-state index in [0.717, 1.165) is 4.90 Å². The fraction of sp³-hybridized carbons (Fsp3) is 0.333. The standard InChI is InChI=1S/C12H13N3O4/c1-15-10(17)6-5-8(12(15)19)14-11(18)7-3-2-4-9(16)13-7/h2-4,8H,5-6H2,1H3,(H,13,16)(H,14,18). The third-order valence-corrected chi connectivity index (χ3v) is 2.97. The minimum absolute atomic E-state index is 0.0832. The predicted molar refractivity (Wildman–Crippen MR) is 65.3 cm³/mol. The van der Waals surface area contributed by atoms with Gasteiger partial charge >= 0.3 is 0 Å². The number of nitrogens with one attached hydrogen (secondary N) is 2. The number of likely N-dealkylation sites (tertiary alicyclic amines) is 1. The Bertz CT molecular complexity index is 593. The average molecular weight is 263 g/mol. The predicted octanol–water partition coefficient (Wildman–Crippen LogP) is -0.748. The third-order valence-electron chi connectivity index (χ3n) is 2.97. The maximum Gasteiger partial charge on any atom is 0.268 e. The van der Waals surface area contributed by atoms with Crippen LogP contribution in [0.3, 0.4) is 0 Å². The van der Waals surface area contributed by atoms with E-state index in [1.807, 2.05) is 0 Å². The molecule has 0 saturated carbocycles. The largest absolute Gasteiger partial charge is 0.339 e. The summed E-state index contributed by atoms with van der Waals surface area (Å²) in [6.45, 7) is 0. The molecule has 2 N–H and O–H groups in total. The number of hydrogen-bond acceptors (Lipinski definition) is 4. The van der Waals surface area contributed by atoms with E-state index >= 15 is 0 Å². The summed E-state index contributed by atoms with van der Waals surface area (Å²) in [7, 11) is 1.38. The number of piperidine rings is 1. The van der Waals surface area contributed by atoms with Gasteiger partial charge in [0.1, 0.15) is 11.7 Å². The number of hydrogen-bond donors (Lipinski definition) is 2. The van der Waals surface area contributed by atoms with E-state index in [0.29, 0.717) is 0 Å². The molecular formula is C12H13N3O4. The van der Waals surface area contributed by atoms with Crippen molar-refractivity contribution in [3.63, 3.8) is 0 Å². The van der Waals surface area contributed by atoms with Crippen molar-refractivity contribution in [2.45, 2.75) is 18.9 Å². The molecule has 0 radical (unpaired) electrons. The lowest BCUT2D eigenvalue weighted by Gasteiger charge is -2.28. The van der Waals surface area contributed by atoms with Gasteiger partial charge in [-0.15, -0.1) is 0 Å². The van der Waals surface area contributed by atoms with Crippen LogP contribution in [0.1, 0.15) is 23.3 Å². The number of pyridine rings is 1. The van der Waals surface area contributed by atoms with Crippen LogP contribution in [-0.4, -0.2) is 40.7 Å². The second kappa shape index (κ2) is 5.05. The van der Waals surface area contributed by atoms with Gasteiger partial charge in [0.25, 0.3) is 11.8 Å². The van der Waals surface area contributed by atoms with Crippen molar-refractivity contribution in [3.8, 4) is 0 Å². The summed E-state index contributed by atoms with van der Waals surface area (Å²) in [6, 6.07) is 3.44. The van der Waals surface area contributed by atoms with Gasteiger partial charge in [-0.1, -0.05) is 6.07 Å². The molecule has 1 aliphatic rings. The molecule has 2 rings (SSSR count). The van der Waals surface area contributed by atoms with E-state index in [4.69, 9.17) is 0 Å². The van der Waals surface area contributed by atoms with Gasteiger partial charge in [0.05, 0.1) is 0 Å². The molecule has 0 bridgehead atoms. The Labute approximate surface area is 108 Å². The summed E-state index contributed by atoms with van der Waals surface area (Å²) in [5.74, 6) is -1.25. The molecule has 1 atom stereocenters. The Balaban J connectivity index is 2.09. The smallest absolute Gasteiger partial charge is 0.268 e. The molecule has 0 aromatic carbocycles. The van der Waals surface area contributed by atoms with Crippen LogP contribution in [0.4, 0.5) is 0 Å². The van der Waals surface area contributed by atoms with Gasteiger partial charge in [0.2, 0.25) is 11.5 Å². The van der Waals surface area contributed by atoms with Crippen LogP contribution < -0.4 is 10.9 Å². The molecule has 1 aliphatic heterocycles. The lowest BCUT2D eigenvalue weighted by molar-refractivity contribution is -0.147. The Morgan fingerprint density at radius 3 is 2.79 bits per heavy atom. The molecule has 7 heteroatoms. The lowest BCUT2D eigenvalue weighted by atomic mass is 10.0. The summed E-state index contributed by atoms with van der Waals surface area (Å²) in [4.78, 5) is 49.4. The number of H-pyrrole nitrogens is 1. The normalized spacial score (nSPS) is 19.4. The van der Waals surface area contributed by atoms with Crippen molar-refractivity contribution in [1.82, 2.24) is 15.2 Å². The number of likely N-dealkylation sites (N-methyl/N-ethyl adjacent to an activating group) is 1. The fourth-order valence-electron chi connectivity index (χ4n) is 1.87. The van der Waals surface area contributed by atoms with Crippen LogP contribution in [-0.2, 0) is 9.59 Å². The SMILES string of the molecule is CN1C(=O)CCC(NC(=O)c2cccc(=O)[nH]2)C1=O. The van der Waals surface area contributed by atoms with Gasteiger partial charge in [-0.2, -0.15) is 0 Å². The molecule has 19 heavy (non-hydrogen) atoms. The first-order chi connectivity index (χ1) is 8.99. The Kier molecular flexibility index (Phi) is 3.46. The van der Waals surface area contributed by atoms with Crippen LogP contribution in [0, 0.1) is 0 Å². The van der Waals surface area contributed by atoms with Gasteiger partial charge in [-0.05, 0) is 12.5 Å². The molecule has 3 amide bonds. The summed E-state index contributed by atoms with van der Waals surface area (Å²) in [5.41, 5.74) is -0.310. The maximum atomic E-state index is 11.9. The van der Waals surface area contributed by atoms with Crippen LogP contribution in [0.5, 0.6) is 0 Å². The van der Waals surface area contributed by atoms with Crippen LogP contribution in [0.15, 0.2) is 23.0 Å². The van der Waals surface area contributed by atoms with Crippen molar-refractivity contribution >= 4 is 17.7 Å². The summed E-state index contributed by atoms with van der Waals surface area (Å²) < 4.78 is 0. The van der Waals surface area contributed by atoms with E-state index < -0.39 is 23.4 Å². The van der Waals surface area contributed by atoms with Gasteiger partial charge < -0.3 is 10.3 Å². The van der Waals surface area contributed by atoms with Crippen LogP contribution in [0.25, 0.3) is 0 Å². The van der Waals surface area contributed by atoms with E-state index in [-0.39, 0.29) is 24.4 Å². The van der Waals surface area contributed by atoms with Gasteiger partial charge in [0, 0.05) is 19.5 Å². The zero-order valence-electron chi connectivity index (χ0n) is 10.3. The first-order valence-corrected chi connectivity index (χ1v) is 5.79. The molecule has 1 fully saturated rings. The first-order valence-electron chi connectivity index (χ1n) is 5.79.